The molecule has 74 valence electrons. The minimum Gasteiger partial charge on any atom is -0.374 e. The second-order valence-corrected chi connectivity index (χ2v) is 3.56. The van der Waals surface area contributed by atoms with Crippen LogP contribution in [0.2, 0.25) is 0 Å². The summed E-state index contributed by atoms with van der Waals surface area (Å²) in [5.74, 6) is 0. The molecule has 0 fully saturated rings. The van der Waals surface area contributed by atoms with Gasteiger partial charge in [-0.05, 0) is 37.0 Å². The normalized spacial score (nSPS) is 19.4. The third-order valence-corrected chi connectivity index (χ3v) is 2.69. The van der Waals surface area contributed by atoms with Crippen molar-refractivity contribution in [3.05, 3.63) is 34.9 Å². The average Bonchev–Trinajstić information content (AvgIpc) is 2.61. The first-order valence-electron chi connectivity index (χ1n) is 5.04. The summed E-state index contributed by atoms with van der Waals surface area (Å²) in [5, 5.41) is 0. The van der Waals surface area contributed by atoms with Gasteiger partial charge in [0.1, 0.15) is 6.29 Å². The van der Waals surface area contributed by atoms with Gasteiger partial charge >= 0.3 is 0 Å². The van der Waals surface area contributed by atoms with Gasteiger partial charge in [0.15, 0.2) is 0 Å². The lowest BCUT2D eigenvalue weighted by Gasteiger charge is -2.11. The van der Waals surface area contributed by atoms with Gasteiger partial charge in [0, 0.05) is 12.2 Å². The molecular formula is C12H14O2. The van der Waals surface area contributed by atoms with Crippen LogP contribution in [0.4, 0.5) is 0 Å². The summed E-state index contributed by atoms with van der Waals surface area (Å²) in [5.41, 5.74) is 3.30. The summed E-state index contributed by atoms with van der Waals surface area (Å²) in [4.78, 5) is 10.6. The quantitative estimate of drug-likeness (QED) is 0.684. The first kappa shape index (κ1) is 9.41. The Kier molecular flexibility index (Phi) is 2.64. The maximum absolute atomic E-state index is 10.6. The monoisotopic (exact) mass is 190 g/mol. The van der Waals surface area contributed by atoms with Crippen molar-refractivity contribution in [1.29, 1.82) is 0 Å². The SMILES string of the molecule is CCOC1CCc2cc(C=O)ccc21. The number of hydrogen-bond acceptors (Lipinski definition) is 2. The molecule has 2 nitrogen and oxygen atoms in total. The van der Waals surface area contributed by atoms with Crippen molar-refractivity contribution in [3.8, 4) is 0 Å². The molecular weight excluding hydrogens is 176 g/mol. The standard InChI is InChI=1S/C12H14O2/c1-2-14-12-6-4-10-7-9(8-13)3-5-11(10)12/h3,5,7-8,12H,2,4,6H2,1H3. The second-order valence-electron chi connectivity index (χ2n) is 3.56. The first-order valence-corrected chi connectivity index (χ1v) is 5.04. The number of carbonyl (C=O) groups is 1. The minimum absolute atomic E-state index is 0.246. The molecule has 1 aliphatic rings. The Morgan fingerprint density at radius 3 is 3.14 bits per heavy atom. The van der Waals surface area contributed by atoms with Gasteiger partial charge in [-0.25, -0.2) is 0 Å². The number of fused-ring (bicyclic) bond motifs is 1. The second kappa shape index (κ2) is 3.93. The molecule has 0 saturated carbocycles. The molecule has 14 heavy (non-hydrogen) atoms. The Labute approximate surface area is 83.9 Å². The van der Waals surface area contributed by atoms with Crippen LogP contribution >= 0.6 is 0 Å². The zero-order valence-corrected chi connectivity index (χ0v) is 8.32. The van der Waals surface area contributed by atoms with Gasteiger partial charge in [0.2, 0.25) is 0 Å². The summed E-state index contributed by atoms with van der Waals surface area (Å²) >= 11 is 0. The van der Waals surface area contributed by atoms with Crippen molar-refractivity contribution in [2.45, 2.75) is 25.9 Å². The molecule has 2 heteroatoms. The number of carbonyl (C=O) groups excluding carboxylic acids is 1. The predicted molar refractivity (Wildman–Crippen MR) is 54.5 cm³/mol. The van der Waals surface area contributed by atoms with Crippen LogP contribution in [0.5, 0.6) is 0 Å². The molecule has 0 heterocycles. The lowest BCUT2D eigenvalue weighted by atomic mass is 10.1. The fourth-order valence-electron chi connectivity index (χ4n) is 2.05. The Hall–Kier alpha value is -1.15. The molecule has 0 bridgehead atoms. The van der Waals surface area contributed by atoms with E-state index in [1.165, 1.54) is 11.1 Å². The molecule has 0 aromatic heterocycles. The average molecular weight is 190 g/mol. The van der Waals surface area contributed by atoms with E-state index in [0.29, 0.717) is 0 Å². The highest BCUT2D eigenvalue weighted by Crippen LogP contribution is 2.34. The van der Waals surface area contributed by atoms with E-state index < -0.39 is 0 Å². The molecule has 1 aromatic rings. The molecule has 0 N–H and O–H groups in total. The fraction of sp³-hybridized carbons (Fsp3) is 0.417. The van der Waals surface area contributed by atoms with E-state index in [1.54, 1.807) is 0 Å². The molecule has 0 aliphatic heterocycles. The maximum atomic E-state index is 10.6. The lowest BCUT2D eigenvalue weighted by molar-refractivity contribution is 0.0640. The molecule has 1 unspecified atom stereocenters. The van der Waals surface area contributed by atoms with Crippen LogP contribution in [0.1, 0.15) is 40.9 Å². The van der Waals surface area contributed by atoms with Crippen LogP contribution in [0.25, 0.3) is 0 Å². The van der Waals surface area contributed by atoms with E-state index in [-0.39, 0.29) is 6.10 Å². The molecule has 2 rings (SSSR count). The lowest BCUT2D eigenvalue weighted by Crippen LogP contribution is -1.99. The molecule has 0 amide bonds. The van der Waals surface area contributed by atoms with Crippen molar-refractivity contribution < 1.29 is 9.53 Å². The van der Waals surface area contributed by atoms with Crippen LogP contribution in [0.15, 0.2) is 18.2 Å². The predicted octanol–water partition coefficient (Wildman–Crippen LogP) is 2.52. The van der Waals surface area contributed by atoms with Crippen LogP contribution in [0, 0.1) is 0 Å². The Balaban J connectivity index is 2.28. The zero-order valence-electron chi connectivity index (χ0n) is 8.32. The fourth-order valence-corrected chi connectivity index (χ4v) is 2.05. The molecule has 1 atom stereocenters. The summed E-state index contributed by atoms with van der Waals surface area (Å²) < 4.78 is 5.61. The molecule has 0 radical (unpaired) electrons. The number of aldehydes is 1. The summed E-state index contributed by atoms with van der Waals surface area (Å²) in [6, 6.07) is 5.86. The Morgan fingerprint density at radius 1 is 1.57 bits per heavy atom. The Morgan fingerprint density at radius 2 is 2.43 bits per heavy atom. The van der Waals surface area contributed by atoms with E-state index >= 15 is 0 Å². The molecule has 0 saturated heterocycles. The third-order valence-electron chi connectivity index (χ3n) is 2.69. The van der Waals surface area contributed by atoms with E-state index in [2.05, 4.69) is 0 Å². The summed E-state index contributed by atoms with van der Waals surface area (Å²) in [7, 11) is 0. The van der Waals surface area contributed by atoms with Gasteiger partial charge in [-0.3, -0.25) is 4.79 Å². The maximum Gasteiger partial charge on any atom is 0.150 e. The highest BCUT2D eigenvalue weighted by atomic mass is 16.5. The van der Waals surface area contributed by atoms with Crippen molar-refractivity contribution in [1.82, 2.24) is 0 Å². The van der Waals surface area contributed by atoms with Crippen LogP contribution in [0.3, 0.4) is 0 Å². The molecule has 1 aromatic carbocycles. The van der Waals surface area contributed by atoms with Crippen molar-refractivity contribution in [3.63, 3.8) is 0 Å². The summed E-state index contributed by atoms with van der Waals surface area (Å²) in [6.07, 6.45) is 3.22. The summed E-state index contributed by atoms with van der Waals surface area (Å²) in [6.45, 7) is 2.76. The van der Waals surface area contributed by atoms with Gasteiger partial charge in [0.05, 0.1) is 6.10 Å². The van der Waals surface area contributed by atoms with Crippen molar-refractivity contribution >= 4 is 6.29 Å². The van der Waals surface area contributed by atoms with Gasteiger partial charge in [0.25, 0.3) is 0 Å². The van der Waals surface area contributed by atoms with Crippen LogP contribution in [-0.2, 0) is 11.2 Å². The zero-order chi connectivity index (χ0) is 9.97. The van der Waals surface area contributed by atoms with Crippen LogP contribution in [-0.4, -0.2) is 12.9 Å². The van der Waals surface area contributed by atoms with E-state index in [9.17, 15) is 4.79 Å². The highest BCUT2D eigenvalue weighted by Gasteiger charge is 2.22. The number of benzene rings is 1. The van der Waals surface area contributed by atoms with E-state index in [4.69, 9.17) is 4.74 Å². The Bertz CT molecular complexity index is 344. The van der Waals surface area contributed by atoms with Gasteiger partial charge in [-0.2, -0.15) is 0 Å². The van der Waals surface area contributed by atoms with E-state index in [0.717, 1.165) is 31.3 Å². The number of rotatable bonds is 3. The molecule has 0 spiro atoms. The number of aryl methyl sites for hydroxylation is 1. The van der Waals surface area contributed by atoms with Crippen LogP contribution < -0.4 is 0 Å². The van der Waals surface area contributed by atoms with Gasteiger partial charge in [-0.1, -0.05) is 12.1 Å². The van der Waals surface area contributed by atoms with Gasteiger partial charge in [-0.15, -0.1) is 0 Å². The van der Waals surface area contributed by atoms with Crippen molar-refractivity contribution in [2.24, 2.45) is 0 Å². The van der Waals surface area contributed by atoms with E-state index in [1.807, 2.05) is 25.1 Å². The highest BCUT2D eigenvalue weighted by molar-refractivity contribution is 5.75. The number of hydrogen-bond donors (Lipinski definition) is 0. The topological polar surface area (TPSA) is 26.3 Å². The largest absolute Gasteiger partial charge is 0.374 e. The first-order chi connectivity index (χ1) is 6.85. The third kappa shape index (κ3) is 1.58. The minimum atomic E-state index is 0.246. The number of ether oxygens (including phenoxy) is 1. The smallest absolute Gasteiger partial charge is 0.150 e. The molecule has 1 aliphatic carbocycles. The van der Waals surface area contributed by atoms with Gasteiger partial charge < -0.3 is 4.74 Å². The van der Waals surface area contributed by atoms with Crippen molar-refractivity contribution in [2.75, 3.05) is 6.61 Å².